The van der Waals surface area contributed by atoms with Gasteiger partial charge < -0.3 is 5.73 Å². The van der Waals surface area contributed by atoms with Crippen LogP contribution in [-0.2, 0) is 6.54 Å². The summed E-state index contributed by atoms with van der Waals surface area (Å²) in [5.41, 5.74) is 7.48. The lowest BCUT2D eigenvalue weighted by molar-refractivity contribution is 0.0800. The second-order valence-corrected chi connectivity index (χ2v) is 5.72. The van der Waals surface area contributed by atoms with Crippen LogP contribution in [0.1, 0.15) is 45.2 Å². The first-order valence-corrected chi connectivity index (χ1v) is 5.74. The lowest BCUT2D eigenvalue weighted by Gasteiger charge is -2.42. The molecule has 1 saturated carbocycles. The molecular formula is C12H21N3. The van der Waals surface area contributed by atoms with E-state index < -0.39 is 0 Å². The summed E-state index contributed by atoms with van der Waals surface area (Å²) < 4.78 is 2.04. The number of nitrogens with two attached hydrogens (primary N) is 1. The Hall–Kier alpha value is -0.830. The van der Waals surface area contributed by atoms with Gasteiger partial charge in [0.15, 0.2) is 0 Å². The zero-order valence-electron chi connectivity index (χ0n) is 9.90. The minimum atomic E-state index is 0.0941. The van der Waals surface area contributed by atoms with Crippen LogP contribution >= 0.6 is 0 Å². The molecule has 0 radical (unpaired) electrons. The highest BCUT2D eigenvalue weighted by molar-refractivity contribution is 5.08. The molecular weight excluding hydrogens is 186 g/mol. The van der Waals surface area contributed by atoms with Crippen LogP contribution in [0.2, 0.25) is 0 Å². The van der Waals surface area contributed by atoms with Gasteiger partial charge in [-0.1, -0.05) is 13.8 Å². The van der Waals surface area contributed by atoms with Crippen LogP contribution in [0.15, 0.2) is 12.4 Å². The normalized spacial score (nSPS) is 22.4. The van der Waals surface area contributed by atoms with Crippen molar-refractivity contribution in [3.05, 3.63) is 18.0 Å². The van der Waals surface area contributed by atoms with Crippen LogP contribution in [0.4, 0.5) is 0 Å². The maximum atomic E-state index is 5.79. The highest BCUT2D eigenvalue weighted by Crippen LogP contribution is 2.45. The molecule has 1 heterocycles. The van der Waals surface area contributed by atoms with Crippen molar-refractivity contribution < 1.29 is 0 Å². The van der Waals surface area contributed by atoms with Gasteiger partial charge in [0.25, 0.3) is 0 Å². The number of rotatable bonds is 3. The van der Waals surface area contributed by atoms with Gasteiger partial charge in [-0.05, 0) is 31.1 Å². The summed E-state index contributed by atoms with van der Waals surface area (Å²) in [6.07, 6.45) is 6.60. The van der Waals surface area contributed by atoms with Gasteiger partial charge in [0.2, 0.25) is 0 Å². The number of hydrogen-bond donors (Lipinski definition) is 1. The van der Waals surface area contributed by atoms with Crippen molar-refractivity contribution in [3.8, 4) is 0 Å². The number of hydrogen-bond acceptors (Lipinski definition) is 2. The fraction of sp³-hybridized carbons (Fsp3) is 0.750. The predicted molar refractivity (Wildman–Crippen MR) is 61.3 cm³/mol. The molecule has 1 aliphatic rings. The van der Waals surface area contributed by atoms with Gasteiger partial charge in [-0.3, -0.25) is 4.68 Å². The van der Waals surface area contributed by atoms with Crippen molar-refractivity contribution in [1.82, 2.24) is 9.78 Å². The molecule has 0 aromatic carbocycles. The maximum Gasteiger partial charge on any atom is 0.0537 e. The van der Waals surface area contributed by atoms with Gasteiger partial charge in [0, 0.05) is 24.3 Å². The van der Waals surface area contributed by atoms with E-state index in [-0.39, 0.29) is 6.04 Å². The van der Waals surface area contributed by atoms with E-state index in [1.807, 2.05) is 17.8 Å². The third-order valence-corrected chi connectivity index (χ3v) is 3.31. The predicted octanol–water partition coefficient (Wildman–Crippen LogP) is 2.34. The summed E-state index contributed by atoms with van der Waals surface area (Å²) in [6.45, 7) is 7.71. The van der Waals surface area contributed by atoms with Crippen LogP contribution in [0, 0.1) is 11.3 Å². The highest BCUT2D eigenvalue weighted by atomic mass is 15.3. The Labute approximate surface area is 91.7 Å². The molecule has 1 fully saturated rings. The lowest BCUT2D eigenvalue weighted by Crippen LogP contribution is -2.34. The summed E-state index contributed by atoms with van der Waals surface area (Å²) in [5.74, 6) is 0.806. The van der Waals surface area contributed by atoms with E-state index in [1.165, 1.54) is 12.8 Å². The second kappa shape index (κ2) is 3.63. The summed E-state index contributed by atoms with van der Waals surface area (Å²) in [7, 11) is 0. The molecule has 2 N–H and O–H groups in total. The standard InChI is InChI=1S/C12H21N3/c1-9(13)11-6-14-15(8-11)7-10-4-12(2,3)5-10/h6,8-10H,4-5,7,13H2,1-3H3/t9-/m1/s1. The summed E-state index contributed by atoms with van der Waals surface area (Å²) in [6, 6.07) is 0.0941. The SMILES string of the molecule is C[C@@H](N)c1cnn(CC2CC(C)(C)C2)c1. The zero-order valence-corrected chi connectivity index (χ0v) is 9.90. The summed E-state index contributed by atoms with van der Waals surface area (Å²) in [4.78, 5) is 0. The van der Waals surface area contributed by atoms with Gasteiger partial charge in [-0.2, -0.15) is 5.10 Å². The first kappa shape index (κ1) is 10.7. The Kier molecular flexibility index (Phi) is 2.59. The third kappa shape index (κ3) is 2.40. The van der Waals surface area contributed by atoms with E-state index in [4.69, 9.17) is 5.73 Å². The molecule has 0 bridgehead atoms. The van der Waals surface area contributed by atoms with Crippen molar-refractivity contribution >= 4 is 0 Å². The molecule has 0 amide bonds. The molecule has 1 aliphatic carbocycles. The maximum absolute atomic E-state index is 5.79. The van der Waals surface area contributed by atoms with Crippen LogP contribution in [0.25, 0.3) is 0 Å². The molecule has 15 heavy (non-hydrogen) atoms. The van der Waals surface area contributed by atoms with Gasteiger partial charge in [-0.25, -0.2) is 0 Å². The topological polar surface area (TPSA) is 43.8 Å². The Morgan fingerprint density at radius 2 is 2.27 bits per heavy atom. The van der Waals surface area contributed by atoms with Gasteiger partial charge in [0.1, 0.15) is 0 Å². The molecule has 3 nitrogen and oxygen atoms in total. The highest BCUT2D eigenvalue weighted by Gasteiger charge is 2.35. The van der Waals surface area contributed by atoms with E-state index in [0.29, 0.717) is 5.41 Å². The minimum absolute atomic E-state index is 0.0941. The van der Waals surface area contributed by atoms with Crippen molar-refractivity contribution in [3.63, 3.8) is 0 Å². The van der Waals surface area contributed by atoms with Crippen LogP contribution < -0.4 is 5.73 Å². The molecule has 1 atom stereocenters. The van der Waals surface area contributed by atoms with E-state index in [0.717, 1.165) is 18.0 Å². The van der Waals surface area contributed by atoms with Crippen LogP contribution in [-0.4, -0.2) is 9.78 Å². The molecule has 0 saturated heterocycles. The third-order valence-electron chi connectivity index (χ3n) is 3.31. The number of nitrogens with zero attached hydrogens (tertiary/aromatic N) is 2. The van der Waals surface area contributed by atoms with Crippen molar-refractivity contribution in [2.24, 2.45) is 17.1 Å². The Bertz CT molecular complexity index is 330. The van der Waals surface area contributed by atoms with Gasteiger partial charge >= 0.3 is 0 Å². The zero-order chi connectivity index (χ0) is 11.1. The first-order chi connectivity index (χ1) is 6.96. The largest absolute Gasteiger partial charge is 0.324 e. The monoisotopic (exact) mass is 207 g/mol. The molecule has 84 valence electrons. The number of aromatic nitrogens is 2. The Morgan fingerprint density at radius 1 is 1.60 bits per heavy atom. The molecule has 1 aromatic heterocycles. The lowest BCUT2D eigenvalue weighted by atomic mass is 9.64. The van der Waals surface area contributed by atoms with E-state index in [9.17, 15) is 0 Å². The van der Waals surface area contributed by atoms with Crippen molar-refractivity contribution in [2.75, 3.05) is 0 Å². The first-order valence-electron chi connectivity index (χ1n) is 5.74. The van der Waals surface area contributed by atoms with Crippen molar-refractivity contribution in [1.29, 1.82) is 0 Å². The fourth-order valence-corrected chi connectivity index (χ4v) is 2.61. The van der Waals surface area contributed by atoms with E-state index in [1.54, 1.807) is 0 Å². The smallest absolute Gasteiger partial charge is 0.0537 e. The summed E-state index contributed by atoms with van der Waals surface area (Å²) >= 11 is 0. The molecule has 0 unspecified atom stereocenters. The average Bonchev–Trinajstić information content (AvgIpc) is 2.49. The van der Waals surface area contributed by atoms with Crippen LogP contribution in [0.3, 0.4) is 0 Å². The quantitative estimate of drug-likeness (QED) is 0.826. The van der Waals surface area contributed by atoms with E-state index >= 15 is 0 Å². The fourth-order valence-electron chi connectivity index (χ4n) is 2.61. The molecule has 0 aliphatic heterocycles. The second-order valence-electron chi connectivity index (χ2n) is 5.72. The Balaban J connectivity index is 1.89. The van der Waals surface area contributed by atoms with Gasteiger partial charge in [-0.15, -0.1) is 0 Å². The van der Waals surface area contributed by atoms with E-state index in [2.05, 4.69) is 25.1 Å². The van der Waals surface area contributed by atoms with Crippen molar-refractivity contribution in [2.45, 2.75) is 46.2 Å². The molecule has 0 spiro atoms. The average molecular weight is 207 g/mol. The summed E-state index contributed by atoms with van der Waals surface area (Å²) in [5, 5.41) is 4.34. The van der Waals surface area contributed by atoms with Crippen LogP contribution in [0.5, 0.6) is 0 Å². The Morgan fingerprint density at radius 3 is 2.73 bits per heavy atom. The minimum Gasteiger partial charge on any atom is -0.324 e. The molecule has 1 aromatic rings. The van der Waals surface area contributed by atoms with Gasteiger partial charge in [0.05, 0.1) is 6.20 Å². The molecule has 3 heteroatoms. The molecule has 2 rings (SSSR count).